The zero-order chi connectivity index (χ0) is 24.8. The third-order valence-electron chi connectivity index (χ3n) is 7.80. The van der Waals surface area contributed by atoms with Crippen molar-refractivity contribution in [1.82, 2.24) is 29.4 Å². The highest BCUT2D eigenvalue weighted by atomic mass is 16.1. The van der Waals surface area contributed by atoms with Gasteiger partial charge in [0.15, 0.2) is 5.78 Å². The van der Waals surface area contributed by atoms with E-state index in [4.69, 9.17) is 4.98 Å². The van der Waals surface area contributed by atoms with Crippen LogP contribution in [0.15, 0.2) is 35.5 Å². The van der Waals surface area contributed by atoms with Gasteiger partial charge in [-0.2, -0.15) is 4.98 Å². The minimum Gasteiger partial charge on any atom is -0.343 e. The molecule has 0 amide bonds. The Kier molecular flexibility index (Phi) is 5.79. The lowest BCUT2D eigenvalue weighted by atomic mass is 10.0. The fraction of sp³-hybridized carbons (Fsp3) is 0.444. The number of aryl methyl sites for hydroxylation is 1. The maximum absolute atomic E-state index is 13.4. The molecular formula is C27H31N7O2. The molecule has 1 aliphatic heterocycles. The van der Waals surface area contributed by atoms with Crippen LogP contribution in [0.5, 0.6) is 0 Å². The van der Waals surface area contributed by atoms with Crippen molar-refractivity contribution in [2.45, 2.75) is 64.5 Å². The average Bonchev–Trinajstić information content (AvgIpc) is 3.55. The molecule has 0 spiro atoms. The van der Waals surface area contributed by atoms with E-state index < -0.39 is 0 Å². The minimum absolute atomic E-state index is 0.0469. The monoisotopic (exact) mass is 485 g/mol. The van der Waals surface area contributed by atoms with E-state index in [1.165, 1.54) is 6.92 Å². The van der Waals surface area contributed by atoms with Crippen LogP contribution < -0.4 is 16.2 Å². The first-order valence-corrected chi connectivity index (χ1v) is 12.9. The summed E-state index contributed by atoms with van der Waals surface area (Å²) in [5.74, 6) is 0.812. The van der Waals surface area contributed by atoms with Gasteiger partial charge in [0, 0.05) is 35.2 Å². The van der Waals surface area contributed by atoms with Crippen molar-refractivity contribution in [3.05, 3.63) is 52.2 Å². The van der Waals surface area contributed by atoms with E-state index in [-0.39, 0.29) is 22.9 Å². The van der Waals surface area contributed by atoms with E-state index in [0.717, 1.165) is 67.9 Å². The third-order valence-corrected chi connectivity index (χ3v) is 7.80. The van der Waals surface area contributed by atoms with Gasteiger partial charge in [-0.25, -0.2) is 9.97 Å². The summed E-state index contributed by atoms with van der Waals surface area (Å²) in [5, 5.41) is 8.50. The SMILES string of the molecule is CC(=O)c1c(C)c2cnc(Nc3cc4ccn(C5CCNCC5)c4cn3)nc2n(C2CCCC2)c1=O. The third kappa shape index (κ3) is 3.87. The van der Waals surface area contributed by atoms with Gasteiger partial charge in [-0.3, -0.25) is 14.2 Å². The first-order chi connectivity index (χ1) is 17.5. The Bertz CT molecular complexity index is 1520. The van der Waals surface area contributed by atoms with Gasteiger partial charge in [0.25, 0.3) is 5.56 Å². The van der Waals surface area contributed by atoms with Crippen LogP contribution in [-0.2, 0) is 0 Å². The van der Waals surface area contributed by atoms with E-state index in [1.807, 2.05) is 12.3 Å². The van der Waals surface area contributed by atoms with Crippen LogP contribution in [0.2, 0.25) is 0 Å². The van der Waals surface area contributed by atoms with Crippen molar-refractivity contribution in [2.75, 3.05) is 18.4 Å². The van der Waals surface area contributed by atoms with Gasteiger partial charge in [-0.15, -0.1) is 0 Å². The van der Waals surface area contributed by atoms with E-state index >= 15 is 0 Å². The molecule has 0 radical (unpaired) electrons. The van der Waals surface area contributed by atoms with Crippen LogP contribution in [0.3, 0.4) is 0 Å². The second-order valence-corrected chi connectivity index (χ2v) is 10.1. The molecule has 1 saturated heterocycles. The number of fused-ring (bicyclic) bond motifs is 2. The van der Waals surface area contributed by atoms with Crippen LogP contribution in [0.1, 0.15) is 73.5 Å². The number of piperidine rings is 1. The summed E-state index contributed by atoms with van der Waals surface area (Å²) >= 11 is 0. The lowest BCUT2D eigenvalue weighted by Gasteiger charge is -2.25. The van der Waals surface area contributed by atoms with Gasteiger partial charge in [-0.05, 0) is 70.3 Å². The normalized spacial score (nSPS) is 17.3. The van der Waals surface area contributed by atoms with Crippen molar-refractivity contribution < 1.29 is 4.79 Å². The summed E-state index contributed by atoms with van der Waals surface area (Å²) in [6.45, 7) is 5.33. The number of aromatic nitrogens is 5. The van der Waals surface area contributed by atoms with Crippen LogP contribution in [-0.4, -0.2) is 43.0 Å². The van der Waals surface area contributed by atoms with Gasteiger partial charge >= 0.3 is 0 Å². The van der Waals surface area contributed by atoms with Crippen LogP contribution in [0, 0.1) is 6.92 Å². The zero-order valence-corrected chi connectivity index (χ0v) is 20.8. The fourth-order valence-corrected chi connectivity index (χ4v) is 5.95. The highest BCUT2D eigenvalue weighted by Gasteiger charge is 2.26. The van der Waals surface area contributed by atoms with Crippen LogP contribution >= 0.6 is 0 Å². The lowest BCUT2D eigenvalue weighted by Crippen LogP contribution is -2.30. The van der Waals surface area contributed by atoms with Gasteiger partial charge in [0.05, 0.1) is 17.3 Å². The average molecular weight is 486 g/mol. The molecule has 2 N–H and O–H groups in total. The van der Waals surface area contributed by atoms with Crippen molar-refractivity contribution in [2.24, 2.45) is 0 Å². The molecule has 6 rings (SSSR count). The number of anilines is 2. The number of carbonyl (C=O) groups excluding carboxylic acids is 1. The number of hydrogen-bond acceptors (Lipinski definition) is 7. The highest BCUT2D eigenvalue weighted by molar-refractivity contribution is 5.99. The largest absolute Gasteiger partial charge is 0.343 e. The molecule has 1 aliphatic carbocycles. The first kappa shape index (κ1) is 22.8. The molecule has 5 heterocycles. The smallest absolute Gasteiger partial charge is 0.263 e. The summed E-state index contributed by atoms with van der Waals surface area (Å²) in [7, 11) is 0. The molecule has 186 valence electrons. The quantitative estimate of drug-likeness (QED) is 0.403. The second-order valence-electron chi connectivity index (χ2n) is 10.1. The number of ketones is 1. The van der Waals surface area contributed by atoms with E-state index in [0.29, 0.717) is 29.0 Å². The van der Waals surface area contributed by atoms with E-state index in [1.54, 1.807) is 17.7 Å². The molecule has 0 atom stereocenters. The fourth-order valence-electron chi connectivity index (χ4n) is 5.95. The number of Topliss-reactive ketones (excluding diaryl/α,β-unsaturated/α-hetero) is 1. The van der Waals surface area contributed by atoms with E-state index in [9.17, 15) is 9.59 Å². The van der Waals surface area contributed by atoms with Gasteiger partial charge < -0.3 is 15.2 Å². The molecule has 0 unspecified atom stereocenters. The lowest BCUT2D eigenvalue weighted by molar-refractivity contribution is 0.101. The number of nitrogens with one attached hydrogen (secondary N) is 2. The molecule has 1 saturated carbocycles. The molecule has 9 heteroatoms. The summed E-state index contributed by atoms with van der Waals surface area (Å²) < 4.78 is 4.06. The second kappa shape index (κ2) is 9.13. The molecule has 0 bridgehead atoms. The Morgan fingerprint density at radius 3 is 2.61 bits per heavy atom. The summed E-state index contributed by atoms with van der Waals surface area (Å²) in [5.41, 5.74) is 2.33. The Morgan fingerprint density at radius 1 is 1.08 bits per heavy atom. The Hall–Kier alpha value is -3.59. The van der Waals surface area contributed by atoms with Crippen molar-refractivity contribution in [3.8, 4) is 0 Å². The molecular weight excluding hydrogens is 454 g/mol. The first-order valence-electron chi connectivity index (χ1n) is 12.9. The molecule has 4 aromatic rings. The number of carbonyl (C=O) groups is 1. The number of hydrogen-bond donors (Lipinski definition) is 2. The highest BCUT2D eigenvalue weighted by Crippen LogP contribution is 2.32. The maximum Gasteiger partial charge on any atom is 0.263 e. The van der Waals surface area contributed by atoms with Gasteiger partial charge in [0.1, 0.15) is 11.5 Å². The summed E-state index contributed by atoms with van der Waals surface area (Å²) in [6, 6.07) is 4.67. The van der Waals surface area contributed by atoms with Crippen LogP contribution in [0.4, 0.5) is 11.8 Å². The Morgan fingerprint density at radius 2 is 1.86 bits per heavy atom. The van der Waals surface area contributed by atoms with E-state index in [2.05, 4.69) is 37.4 Å². The number of rotatable bonds is 5. The predicted octanol–water partition coefficient (Wildman–Crippen LogP) is 4.44. The van der Waals surface area contributed by atoms with Crippen molar-refractivity contribution in [3.63, 3.8) is 0 Å². The number of pyridine rings is 2. The summed E-state index contributed by atoms with van der Waals surface area (Å²) in [6.07, 6.45) is 11.9. The van der Waals surface area contributed by atoms with Crippen LogP contribution in [0.25, 0.3) is 21.9 Å². The Balaban J connectivity index is 1.38. The van der Waals surface area contributed by atoms with Gasteiger partial charge in [0.2, 0.25) is 5.95 Å². The molecule has 9 nitrogen and oxygen atoms in total. The van der Waals surface area contributed by atoms with Crippen molar-refractivity contribution in [1.29, 1.82) is 0 Å². The maximum atomic E-state index is 13.4. The molecule has 36 heavy (non-hydrogen) atoms. The number of nitrogens with zero attached hydrogens (tertiary/aromatic N) is 5. The summed E-state index contributed by atoms with van der Waals surface area (Å²) in [4.78, 5) is 39.7. The molecule has 2 fully saturated rings. The molecule has 4 aromatic heterocycles. The minimum atomic E-state index is -0.247. The topological polar surface area (TPSA) is 107 Å². The molecule has 2 aliphatic rings. The Labute approximate surface area is 209 Å². The standard InChI is InChI=1S/C27H31N7O2/c1-16-21-14-30-27(32-25(21)34(20-5-3-4-6-20)26(36)24(16)17(2)35)31-23-13-18-9-12-33(22(18)15-29-23)19-7-10-28-11-8-19/h9,12-15,19-20,28H,3-8,10-11H2,1-2H3,(H,29,30,31,32). The zero-order valence-electron chi connectivity index (χ0n) is 20.8. The predicted molar refractivity (Wildman–Crippen MR) is 140 cm³/mol. The molecule has 0 aromatic carbocycles. The van der Waals surface area contributed by atoms with Gasteiger partial charge in [-0.1, -0.05) is 12.8 Å². The van der Waals surface area contributed by atoms with Crippen molar-refractivity contribution >= 4 is 39.5 Å².